The Labute approximate surface area is 157 Å². The molecule has 26 heavy (non-hydrogen) atoms. The molecule has 0 aromatic heterocycles. The van der Waals surface area contributed by atoms with Crippen LogP contribution in [-0.2, 0) is 19.1 Å². The van der Waals surface area contributed by atoms with E-state index in [1.807, 2.05) is 6.92 Å². The standard InChI is InChI=1S/C19H22ClNO5/c1-2-26-21-17(23)15(13-5-3-4-6-14(13)20)16(22)18(21)7-9-19(10-8-18)24-11-12-25-19/h3-6,22H,2,7-12H2,1H3. The molecule has 1 N–H and O–H groups in total. The normalized spacial score (nSPS) is 24.2. The number of nitrogens with zero attached hydrogens (tertiary/aromatic N) is 1. The van der Waals surface area contributed by atoms with Gasteiger partial charge in [-0.15, -0.1) is 0 Å². The van der Waals surface area contributed by atoms with Crippen LogP contribution in [0.4, 0.5) is 0 Å². The van der Waals surface area contributed by atoms with Crippen LogP contribution in [0.25, 0.3) is 5.57 Å². The second-order valence-electron chi connectivity index (χ2n) is 6.86. The van der Waals surface area contributed by atoms with Crippen molar-refractivity contribution in [1.29, 1.82) is 0 Å². The van der Waals surface area contributed by atoms with Crippen LogP contribution < -0.4 is 0 Å². The van der Waals surface area contributed by atoms with Gasteiger partial charge in [0.2, 0.25) is 0 Å². The minimum absolute atomic E-state index is 0.0249. The lowest BCUT2D eigenvalue weighted by atomic mass is 9.77. The number of halogens is 1. The number of benzene rings is 1. The van der Waals surface area contributed by atoms with E-state index >= 15 is 0 Å². The van der Waals surface area contributed by atoms with Crippen LogP contribution in [0.1, 0.15) is 38.2 Å². The van der Waals surface area contributed by atoms with Gasteiger partial charge in [-0.2, -0.15) is 0 Å². The van der Waals surface area contributed by atoms with Gasteiger partial charge in [-0.05, 0) is 25.8 Å². The number of hydrogen-bond donors (Lipinski definition) is 1. The largest absolute Gasteiger partial charge is 0.509 e. The lowest BCUT2D eigenvalue weighted by Crippen LogP contribution is -2.53. The third-order valence-corrected chi connectivity index (χ3v) is 5.85. The van der Waals surface area contributed by atoms with E-state index in [0.29, 0.717) is 56.1 Å². The molecule has 7 heteroatoms. The summed E-state index contributed by atoms with van der Waals surface area (Å²) in [7, 11) is 0. The van der Waals surface area contributed by atoms with Gasteiger partial charge >= 0.3 is 0 Å². The van der Waals surface area contributed by atoms with Gasteiger partial charge in [0.25, 0.3) is 5.91 Å². The third-order valence-electron chi connectivity index (χ3n) is 5.52. The van der Waals surface area contributed by atoms with Crippen molar-refractivity contribution in [3.63, 3.8) is 0 Å². The Morgan fingerprint density at radius 1 is 1.19 bits per heavy atom. The van der Waals surface area contributed by atoms with Crippen LogP contribution in [-0.4, -0.2) is 47.2 Å². The van der Waals surface area contributed by atoms with Gasteiger partial charge in [0, 0.05) is 23.4 Å². The Morgan fingerprint density at radius 2 is 1.85 bits per heavy atom. The molecule has 0 unspecified atom stereocenters. The van der Waals surface area contributed by atoms with Crippen LogP contribution in [0.5, 0.6) is 0 Å². The predicted molar refractivity (Wildman–Crippen MR) is 95.3 cm³/mol. The van der Waals surface area contributed by atoms with Crippen molar-refractivity contribution in [2.24, 2.45) is 0 Å². The topological polar surface area (TPSA) is 68.2 Å². The van der Waals surface area contributed by atoms with Crippen LogP contribution in [0.2, 0.25) is 5.02 Å². The summed E-state index contributed by atoms with van der Waals surface area (Å²) < 4.78 is 11.6. The van der Waals surface area contributed by atoms with E-state index in [2.05, 4.69) is 0 Å². The Kier molecular flexibility index (Phi) is 4.47. The van der Waals surface area contributed by atoms with E-state index in [-0.39, 0.29) is 17.2 Å². The smallest absolute Gasteiger partial charge is 0.282 e. The van der Waals surface area contributed by atoms with Gasteiger partial charge in [0.15, 0.2) is 5.79 Å². The van der Waals surface area contributed by atoms with E-state index in [1.165, 1.54) is 5.06 Å². The number of rotatable bonds is 3. The highest BCUT2D eigenvalue weighted by Gasteiger charge is 2.58. The van der Waals surface area contributed by atoms with E-state index < -0.39 is 11.3 Å². The molecule has 140 valence electrons. The highest BCUT2D eigenvalue weighted by Crippen LogP contribution is 2.51. The number of amides is 1. The summed E-state index contributed by atoms with van der Waals surface area (Å²) in [5.41, 5.74) is -0.164. The Morgan fingerprint density at radius 3 is 2.46 bits per heavy atom. The highest BCUT2D eigenvalue weighted by atomic mass is 35.5. The van der Waals surface area contributed by atoms with Gasteiger partial charge in [-0.1, -0.05) is 29.8 Å². The Balaban J connectivity index is 1.74. The molecular formula is C19H22ClNO5. The van der Waals surface area contributed by atoms with E-state index in [9.17, 15) is 9.90 Å². The molecule has 1 aromatic rings. The average molecular weight is 380 g/mol. The molecule has 2 spiro atoms. The van der Waals surface area contributed by atoms with Crippen molar-refractivity contribution < 1.29 is 24.2 Å². The number of carbonyl (C=O) groups is 1. The number of hydrogen-bond acceptors (Lipinski definition) is 5. The van der Waals surface area contributed by atoms with Crippen molar-refractivity contribution in [1.82, 2.24) is 5.06 Å². The number of hydroxylamine groups is 2. The third kappa shape index (κ3) is 2.55. The van der Waals surface area contributed by atoms with Crippen molar-refractivity contribution in [3.05, 3.63) is 40.6 Å². The number of aliphatic hydroxyl groups excluding tert-OH is 1. The van der Waals surface area contributed by atoms with Crippen LogP contribution >= 0.6 is 11.6 Å². The molecular weight excluding hydrogens is 358 g/mol. The predicted octanol–water partition coefficient (Wildman–Crippen LogP) is 3.46. The maximum atomic E-state index is 13.1. The van der Waals surface area contributed by atoms with Gasteiger partial charge in [-0.3, -0.25) is 9.63 Å². The van der Waals surface area contributed by atoms with Crippen molar-refractivity contribution >= 4 is 23.1 Å². The minimum Gasteiger partial charge on any atom is -0.509 e. The summed E-state index contributed by atoms with van der Waals surface area (Å²) in [6.45, 7) is 3.30. The number of ether oxygens (including phenoxy) is 2. The molecule has 6 nitrogen and oxygen atoms in total. The van der Waals surface area contributed by atoms with E-state index in [1.54, 1.807) is 24.3 Å². The molecule has 0 bridgehead atoms. The van der Waals surface area contributed by atoms with Crippen molar-refractivity contribution in [3.8, 4) is 0 Å². The monoisotopic (exact) mass is 379 g/mol. The van der Waals surface area contributed by atoms with Gasteiger partial charge in [0.1, 0.15) is 11.3 Å². The first-order valence-electron chi connectivity index (χ1n) is 8.97. The molecule has 2 aliphatic heterocycles. The quantitative estimate of drug-likeness (QED) is 0.871. The van der Waals surface area contributed by atoms with Crippen LogP contribution in [0, 0.1) is 0 Å². The Bertz CT molecular complexity index is 746. The first kappa shape index (κ1) is 17.8. The molecule has 0 atom stereocenters. The molecule has 2 heterocycles. The van der Waals surface area contributed by atoms with Crippen LogP contribution in [0.3, 0.4) is 0 Å². The van der Waals surface area contributed by atoms with Crippen molar-refractivity contribution in [2.75, 3.05) is 19.8 Å². The van der Waals surface area contributed by atoms with Gasteiger partial charge in [0.05, 0.1) is 25.4 Å². The second kappa shape index (κ2) is 6.53. The maximum absolute atomic E-state index is 13.1. The second-order valence-corrected chi connectivity index (χ2v) is 7.27. The average Bonchev–Trinajstić information content (AvgIpc) is 3.17. The number of carbonyl (C=O) groups excluding carboxylic acids is 1. The highest BCUT2D eigenvalue weighted by molar-refractivity contribution is 6.35. The van der Waals surface area contributed by atoms with Crippen molar-refractivity contribution in [2.45, 2.75) is 43.9 Å². The number of aliphatic hydroxyl groups is 1. The molecule has 1 aromatic carbocycles. The molecule has 1 saturated carbocycles. The zero-order chi connectivity index (χ0) is 18.4. The molecule has 4 rings (SSSR count). The lowest BCUT2D eigenvalue weighted by Gasteiger charge is -2.45. The summed E-state index contributed by atoms with van der Waals surface area (Å²) >= 11 is 6.29. The van der Waals surface area contributed by atoms with E-state index in [0.717, 1.165) is 0 Å². The molecule has 0 radical (unpaired) electrons. The van der Waals surface area contributed by atoms with Gasteiger partial charge in [-0.25, -0.2) is 5.06 Å². The summed E-state index contributed by atoms with van der Waals surface area (Å²) in [4.78, 5) is 18.8. The first-order chi connectivity index (χ1) is 12.5. The molecule has 3 aliphatic rings. The maximum Gasteiger partial charge on any atom is 0.282 e. The first-order valence-corrected chi connectivity index (χ1v) is 9.35. The lowest BCUT2D eigenvalue weighted by molar-refractivity contribution is -0.240. The molecule has 1 aliphatic carbocycles. The molecule has 1 amide bonds. The SMILES string of the molecule is CCON1C(=O)C(c2ccccc2Cl)=C(O)C12CCC1(CC2)OCCO1. The minimum atomic E-state index is -0.901. The fourth-order valence-electron chi connectivity index (χ4n) is 4.21. The zero-order valence-electron chi connectivity index (χ0n) is 14.7. The summed E-state index contributed by atoms with van der Waals surface area (Å²) in [6.07, 6.45) is 2.17. The molecule has 1 saturated heterocycles. The van der Waals surface area contributed by atoms with Gasteiger partial charge < -0.3 is 14.6 Å². The molecule has 2 fully saturated rings. The fraction of sp³-hybridized carbons (Fsp3) is 0.526. The Hall–Kier alpha value is -1.60. The summed E-state index contributed by atoms with van der Waals surface area (Å²) in [5.74, 6) is -0.932. The summed E-state index contributed by atoms with van der Waals surface area (Å²) in [5, 5.41) is 12.9. The van der Waals surface area contributed by atoms with Crippen LogP contribution in [0.15, 0.2) is 30.0 Å². The summed E-state index contributed by atoms with van der Waals surface area (Å²) in [6, 6.07) is 7.03. The fourth-order valence-corrected chi connectivity index (χ4v) is 4.44. The van der Waals surface area contributed by atoms with E-state index in [4.69, 9.17) is 25.9 Å². The zero-order valence-corrected chi connectivity index (χ0v) is 15.4.